The number of methoxy groups -OCH3 is 2. The van der Waals surface area contributed by atoms with E-state index in [1.54, 1.807) is 26.4 Å². The van der Waals surface area contributed by atoms with Crippen molar-refractivity contribution in [3.8, 4) is 11.5 Å². The summed E-state index contributed by atoms with van der Waals surface area (Å²) in [5.74, 6) is 1.01. The lowest BCUT2D eigenvalue weighted by atomic mass is 10.1. The predicted molar refractivity (Wildman–Crippen MR) is 81.7 cm³/mol. The van der Waals surface area contributed by atoms with Crippen LogP contribution in [0, 0.1) is 0 Å². The van der Waals surface area contributed by atoms with Crippen LogP contribution in [0.4, 0.5) is 5.69 Å². The summed E-state index contributed by atoms with van der Waals surface area (Å²) in [6, 6.07) is 5.36. The number of rotatable bonds is 6. The molecule has 0 unspecified atom stereocenters. The van der Waals surface area contributed by atoms with E-state index in [0.717, 1.165) is 5.56 Å². The van der Waals surface area contributed by atoms with Gasteiger partial charge in [-0.3, -0.25) is 9.59 Å². The Morgan fingerprint density at radius 3 is 2.73 bits per heavy atom. The zero-order valence-corrected chi connectivity index (χ0v) is 12.6. The summed E-state index contributed by atoms with van der Waals surface area (Å²) in [4.78, 5) is 29.7. The summed E-state index contributed by atoms with van der Waals surface area (Å²) >= 11 is 0. The van der Waals surface area contributed by atoms with Gasteiger partial charge in [0.1, 0.15) is 22.9 Å². The van der Waals surface area contributed by atoms with E-state index in [2.05, 4.69) is 15.3 Å². The van der Waals surface area contributed by atoms with Crippen molar-refractivity contribution in [3.63, 3.8) is 0 Å². The van der Waals surface area contributed by atoms with Crippen LogP contribution >= 0.6 is 0 Å². The number of benzene rings is 1. The second kappa shape index (κ2) is 6.75. The van der Waals surface area contributed by atoms with Gasteiger partial charge in [-0.05, 0) is 12.1 Å². The normalized spacial score (nSPS) is 10.1. The van der Waals surface area contributed by atoms with Gasteiger partial charge in [0.05, 0.1) is 20.5 Å². The fourth-order valence-electron chi connectivity index (χ4n) is 2.01. The van der Waals surface area contributed by atoms with Crippen LogP contribution in [0.15, 0.2) is 29.3 Å². The van der Waals surface area contributed by atoms with E-state index in [4.69, 9.17) is 9.47 Å². The molecule has 0 aliphatic heterocycles. The van der Waals surface area contributed by atoms with Crippen LogP contribution in [-0.2, 0) is 6.54 Å². The molecule has 0 radical (unpaired) electrons. The molecular formula is C15H17N3O4. The highest BCUT2D eigenvalue weighted by molar-refractivity contribution is 5.97. The maximum atomic E-state index is 11.9. The molecule has 2 rings (SSSR count). The minimum Gasteiger partial charge on any atom is -0.497 e. The lowest BCUT2D eigenvalue weighted by Crippen LogP contribution is -2.19. The Bertz CT molecular complexity index is 740. The highest BCUT2D eigenvalue weighted by atomic mass is 16.5. The number of nitrogens with zero attached hydrogens (tertiary/aromatic N) is 1. The average Bonchev–Trinajstić information content (AvgIpc) is 2.53. The number of aromatic nitrogens is 2. The molecule has 0 spiro atoms. The number of carbonyl (C=O) groups excluding carboxylic acids is 1. The first-order chi connectivity index (χ1) is 10.6. The van der Waals surface area contributed by atoms with Gasteiger partial charge in [-0.25, -0.2) is 4.98 Å². The maximum absolute atomic E-state index is 11.9. The van der Waals surface area contributed by atoms with Crippen LogP contribution in [0.25, 0.3) is 0 Å². The first-order valence-corrected chi connectivity index (χ1v) is 6.60. The third-order valence-corrected chi connectivity index (χ3v) is 3.14. The van der Waals surface area contributed by atoms with E-state index in [1.807, 2.05) is 6.07 Å². The minimum atomic E-state index is -0.396. The maximum Gasteiger partial charge on any atom is 0.274 e. The fraction of sp³-hybridized carbons (Fsp3) is 0.267. The van der Waals surface area contributed by atoms with Gasteiger partial charge in [-0.15, -0.1) is 0 Å². The minimum absolute atomic E-state index is 0.108. The Kier molecular flexibility index (Phi) is 4.77. The summed E-state index contributed by atoms with van der Waals surface area (Å²) in [6.45, 7) is 1.67. The Hall–Kier alpha value is -2.83. The lowest BCUT2D eigenvalue weighted by molar-refractivity contribution is 0.101. The zero-order chi connectivity index (χ0) is 16.1. The van der Waals surface area contributed by atoms with Gasteiger partial charge in [-0.2, -0.15) is 0 Å². The first-order valence-electron chi connectivity index (χ1n) is 6.60. The number of Topliss-reactive ketones (excluding diaryl/α,β-unsaturated/α-hetero) is 1. The van der Waals surface area contributed by atoms with E-state index in [1.165, 1.54) is 13.3 Å². The van der Waals surface area contributed by atoms with Crippen LogP contribution in [0.1, 0.15) is 23.0 Å². The number of hydrogen-bond donors (Lipinski definition) is 2. The van der Waals surface area contributed by atoms with Gasteiger partial charge in [-0.1, -0.05) is 0 Å². The molecule has 1 heterocycles. The van der Waals surface area contributed by atoms with E-state index < -0.39 is 5.56 Å². The third kappa shape index (κ3) is 3.25. The van der Waals surface area contributed by atoms with Gasteiger partial charge in [0, 0.05) is 25.1 Å². The molecule has 116 valence electrons. The van der Waals surface area contributed by atoms with Crippen LogP contribution < -0.4 is 20.3 Å². The molecule has 2 N–H and O–H groups in total. The van der Waals surface area contributed by atoms with E-state index in [0.29, 0.717) is 18.0 Å². The Morgan fingerprint density at radius 2 is 2.09 bits per heavy atom. The monoisotopic (exact) mass is 303 g/mol. The molecule has 0 saturated heterocycles. The van der Waals surface area contributed by atoms with Crippen molar-refractivity contribution >= 4 is 11.5 Å². The summed E-state index contributed by atoms with van der Waals surface area (Å²) in [5, 5.41) is 2.94. The molecule has 0 fully saturated rings. The molecule has 1 aromatic carbocycles. The Labute approximate surface area is 127 Å². The molecule has 0 aliphatic carbocycles. The largest absolute Gasteiger partial charge is 0.497 e. The van der Waals surface area contributed by atoms with Gasteiger partial charge in [0.15, 0.2) is 5.78 Å². The van der Waals surface area contributed by atoms with Crippen LogP contribution in [0.3, 0.4) is 0 Å². The van der Waals surface area contributed by atoms with Crippen LogP contribution in [-0.4, -0.2) is 30.0 Å². The number of nitrogens with one attached hydrogen (secondary N) is 2. The topological polar surface area (TPSA) is 93.3 Å². The fourth-order valence-corrected chi connectivity index (χ4v) is 2.01. The SMILES string of the molecule is COc1ccc(CNc2c(C(C)=O)nc[nH]c2=O)c(OC)c1. The molecule has 0 bridgehead atoms. The third-order valence-electron chi connectivity index (χ3n) is 3.14. The van der Waals surface area contributed by atoms with Crippen molar-refractivity contribution in [1.82, 2.24) is 9.97 Å². The van der Waals surface area contributed by atoms with Crippen molar-refractivity contribution in [2.24, 2.45) is 0 Å². The molecule has 7 heteroatoms. The zero-order valence-electron chi connectivity index (χ0n) is 12.6. The van der Waals surface area contributed by atoms with E-state index in [-0.39, 0.29) is 17.2 Å². The second-order valence-electron chi connectivity index (χ2n) is 4.54. The lowest BCUT2D eigenvalue weighted by Gasteiger charge is -2.12. The summed E-state index contributed by atoms with van der Waals surface area (Å²) < 4.78 is 10.4. The van der Waals surface area contributed by atoms with Crippen LogP contribution in [0.5, 0.6) is 11.5 Å². The number of ether oxygens (including phenoxy) is 2. The number of carbonyl (C=O) groups is 1. The highest BCUT2D eigenvalue weighted by Crippen LogP contribution is 2.25. The van der Waals surface area contributed by atoms with E-state index in [9.17, 15) is 9.59 Å². The number of ketones is 1. The van der Waals surface area contributed by atoms with Gasteiger partial charge in [0.25, 0.3) is 5.56 Å². The number of aromatic amines is 1. The first kappa shape index (κ1) is 15.6. The molecule has 2 aromatic rings. The predicted octanol–water partition coefficient (Wildman–Crippen LogP) is 1.60. The van der Waals surface area contributed by atoms with E-state index >= 15 is 0 Å². The molecule has 7 nitrogen and oxygen atoms in total. The molecular weight excluding hydrogens is 286 g/mol. The van der Waals surface area contributed by atoms with Crippen LogP contribution in [0.2, 0.25) is 0 Å². The number of anilines is 1. The Morgan fingerprint density at radius 1 is 1.32 bits per heavy atom. The van der Waals surface area contributed by atoms with Crippen molar-refractivity contribution in [2.75, 3.05) is 19.5 Å². The van der Waals surface area contributed by atoms with Crippen molar-refractivity contribution in [2.45, 2.75) is 13.5 Å². The van der Waals surface area contributed by atoms with Gasteiger partial charge in [0.2, 0.25) is 0 Å². The number of hydrogen-bond acceptors (Lipinski definition) is 6. The molecule has 1 aromatic heterocycles. The van der Waals surface area contributed by atoms with Crippen molar-refractivity contribution < 1.29 is 14.3 Å². The van der Waals surface area contributed by atoms with Gasteiger partial charge < -0.3 is 19.8 Å². The molecule has 0 atom stereocenters. The molecule has 0 saturated carbocycles. The summed E-state index contributed by atoms with van der Waals surface area (Å²) in [5.41, 5.74) is 0.679. The summed E-state index contributed by atoms with van der Waals surface area (Å²) in [6.07, 6.45) is 1.21. The van der Waals surface area contributed by atoms with Crippen molar-refractivity contribution in [1.29, 1.82) is 0 Å². The second-order valence-corrected chi connectivity index (χ2v) is 4.54. The molecule has 0 amide bonds. The highest BCUT2D eigenvalue weighted by Gasteiger charge is 2.13. The molecule has 22 heavy (non-hydrogen) atoms. The average molecular weight is 303 g/mol. The quantitative estimate of drug-likeness (QED) is 0.787. The van der Waals surface area contributed by atoms with Crippen molar-refractivity contribution in [3.05, 3.63) is 46.1 Å². The molecule has 0 aliphatic rings. The smallest absolute Gasteiger partial charge is 0.274 e. The van der Waals surface area contributed by atoms with Gasteiger partial charge >= 0.3 is 0 Å². The standard InChI is InChI=1S/C15H17N3O4/c1-9(19)13-14(15(20)18-8-17-13)16-7-10-4-5-11(21-2)6-12(10)22-3/h4-6,8,16H,7H2,1-3H3,(H,17,18,20). The summed E-state index contributed by atoms with van der Waals surface area (Å²) in [7, 11) is 3.12. The Balaban J connectivity index is 2.28. The number of H-pyrrole nitrogens is 1.